The maximum Gasteiger partial charge on any atom is 0.227 e. The molecule has 1 heterocycles. The van der Waals surface area contributed by atoms with Crippen LogP contribution in [0.1, 0.15) is 38.4 Å². The monoisotopic (exact) mass is 285 g/mol. The van der Waals surface area contributed by atoms with Crippen LogP contribution in [0.5, 0.6) is 5.75 Å². The Labute approximate surface area is 114 Å². The Morgan fingerprint density at radius 3 is 2.42 bits per heavy atom. The van der Waals surface area contributed by atoms with E-state index in [2.05, 4.69) is 0 Å². The molecular formula is C13H21O5Si. The zero-order chi connectivity index (χ0) is 14.8. The Balaban J connectivity index is 3.31. The number of aliphatic hydroxyl groups is 1. The van der Waals surface area contributed by atoms with Gasteiger partial charge in [0.25, 0.3) is 0 Å². The number of hydrogen-bond acceptors (Lipinski definition) is 5. The first-order valence-electron chi connectivity index (χ1n) is 6.10. The van der Waals surface area contributed by atoms with Gasteiger partial charge in [-0.2, -0.15) is 0 Å². The minimum atomic E-state index is -0.992. The fourth-order valence-electron chi connectivity index (χ4n) is 1.69. The molecule has 0 aliphatic carbocycles. The van der Waals surface area contributed by atoms with Gasteiger partial charge in [-0.15, -0.1) is 0 Å². The van der Waals surface area contributed by atoms with E-state index in [1.165, 1.54) is 6.07 Å². The van der Waals surface area contributed by atoms with Gasteiger partial charge in [0, 0.05) is 6.07 Å². The van der Waals surface area contributed by atoms with E-state index in [9.17, 15) is 9.90 Å². The van der Waals surface area contributed by atoms with Crippen molar-refractivity contribution in [2.75, 3.05) is 0 Å². The van der Waals surface area contributed by atoms with E-state index >= 15 is 0 Å². The van der Waals surface area contributed by atoms with Gasteiger partial charge in [0.2, 0.25) is 20.2 Å². The quantitative estimate of drug-likeness (QED) is 0.829. The Hall–Kier alpha value is -1.11. The molecule has 1 radical (unpaired) electrons. The van der Waals surface area contributed by atoms with Crippen molar-refractivity contribution in [3.8, 4) is 5.75 Å². The van der Waals surface area contributed by atoms with E-state index in [1.54, 1.807) is 0 Å². The highest BCUT2D eigenvalue weighted by Gasteiger charge is 2.31. The van der Waals surface area contributed by atoms with Gasteiger partial charge < -0.3 is 19.1 Å². The molecule has 0 bridgehead atoms. The summed E-state index contributed by atoms with van der Waals surface area (Å²) in [5, 5.41) is 18.6. The molecule has 1 aromatic rings. The molecule has 1 unspecified atom stereocenters. The van der Waals surface area contributed by atoms with Crippen LogP contribution in [-0.2, 0) is 11.0 Å². The van der Waals surface area contributed by atoms with Crippen molar-refractivity contribution in [3.63, 3.8) is 0 Å². The first-order chi connectivity index (χ1) is 8.66. The van der Waals surface area contributed by atoms with E-state index in [-0.39, 0.29) is 11.2 Å². The second-order valence-electron chi connectivity index (χ2n) is 5.72. The van der Waals surface area contributed by atoms with Crippen molar-refractivity contribution in [2.45, 2.75) is 46.6 Å². The summed E-state index contributed by atoms with van der Waals surface area (Å²) in [6, 6.07) is 1.23. The summed E-state index contributed by atoms with van der Waals surface area (Å²) >= 11 is 0. The molecule has 0 saturated heterocycles. The van der Waals surface area contributed by atoms with Crippen LogP contribution in [0, 0.1) is 5.41 Å². The highest BCUT2D eigenvalue weighted by Crippen LogP contribution is 2.37. The molecule has 6 heteroatoms. The third kappa shape index (κ3) is 3.92. The zero-order valence-electron chi connectivity index (χ0n) is 12.0. The zero-order valence-corrected chi connectivity index (χ0v) is 13.0. The van der Waals surface area contributed by atoms with Gasteiger partial charge in [0.05, 0.1) is 0 Å². The molecule has 1 aromatic heterocycles. The van der Waals surface area contributed by atoms with Crippen molar-refractivity contribution in [2.24, 2.45) is 5.41 Å². The third-order valence-electron chi connectivity index (χ3n) is 2.55. The predicted octanol–water partition coefficient (Wildman–Crippen LogP) is 2.19. The number of rotatable bonds is 4. The number of hydrogen-bond donors (Lipinski definition) is 2. The van der Waals surface area contributed by atoms with Gasteiger partial charge in [-0.3, -0.25) is 4.79 Å². The SMILES string of the molecule is C[Si](C)OC(c1cc(=O)c(O)c(CO)o1)C(C)(C)C. The molecule has 0 amide bonds. The van der Waals surface area contributed by atoms with Gasteiger partial charge in [-0.25, -0.2) is 0 Å². The third-order valence-corrected chi connectivity index (χ3v) is 3.26. The van der Waals surface area contributed by atoms with Gasteiger partial charge in [0.1, 0.15) is 18.5 Å². The fourth-order valence-corrected chi connectivity index (χ4v) is 2.63. The summed E-state index contributed by atoms with van der Waals surface area (Å²) in [7, 11) is -0.992. The summed E-state index contributed by atoms with van der Waals surface area (Å²) in [4.78, 5) is 11.7. The maximum atomic E-state index is 11.7. The van der Waals surface area contributed by atoms with E-state index in [1.807, 2.05) is 33.9 Å². The van der Waals surface area contributed by atoms with Gasteiger partial charge in [-0.1, -0.05) is 20.8 Å². The van der Waals surface area contributed by atoms with Crippen LogP contribution in [-0.4, -0.2) is 19.3 Å². The average Bonchev–Trinajstić information content (AvgIpc) is 2.28. The Kier molecular flexibility index (Phi) is 4.95. The van der Waals surface area contributed by atoms with E-state index in [0.717, 1.165) is 0 Å². The fraction of sp³-hybridized carbons (Fsp3) is 0.615. The van der Waals surface area contributed by atoms with Crippen molar-refractivity contribution < 1.29 is 19.1 Å². The molecule has 0 spiro atoms. The van der Waals surface area contributed by atoms with Crippen molar-refractivity contribution in [3.05, 3.63) is 27.8 Å². The molecule has 1 rings (SSSR count). The highest BCUT2D eigenvalue weighted by molar-refractivity contribution is 6.48. The first-order valence-corrected chi connectivity index (χ1v) is 8.51. The lowest BCUT2D eigenvalue weighted by molar-refractivity contribution is 0.0601. The van der Waals surface area contributed by atoms with Crippen LogP contribution in [0.4, 0.5) is 0 Å². The summed E-state index contributed by atoms with van der Waals surface area (Å²) in [5.41, 5.74) is -0.828. The molecule has 107 valence electrons. The maximum absolute atomic E-state index is 11.7. The van der Waals surface area contributed by atoms with Crippen LogP contribution >= 0.6 is 0 Å². The summed E-state index contributed by atoms with van der Waals surface area (Å²) < 4.78 is 11.3. The second-order valence-corrected chi connectivity index (χ2v) is 7.77. The standard InChI is InChI=1S/C13H21O5Si/c1-13(2,3)12(18-19(4)5)9-6-8(15)11(16)10(7-14)17-9/h6,12,14,16H,7H2,1-5H3. The van der Waals surface area contributed by atoms with Crippen LogP contribution in [0.3, 0.4) is 0 Å². The Morgan fingerprint density at radius 2 is 2.00 bits per heavy atom. The van der Waals surface area contributed by atoms with Crippen LogP contribution in [0.2, 0.25) is 13.1 Å². The van der Waals surface area contributed by atoms with Crippen molar-refractivity contribution in [1.82, 2.24) is 0 Å². The normalized spacial score (nSPS) is 13.8. The summed E-state index contributed by atoms with van der Waals surface area (Å²) in [6.45, 7) is 9.40. The van der Waals surface area contributed by atoms with E-state index in [4.69, 9.17) is 13.9 Å². The van der Waals surface area contributed by atoms with Gasteiger partial charge in [0.15, 0.2) is 5.76 Å². The summed E-state index contributed by atoms with van der Waals surface area (Å²) in [6.07, 6.45) is -0.394. The van der Waals surface area contributed by atoms with Crippen molar-refractivity contribution in [1.29, 1.82) is 0 Å². The molecule has 0 fully saturated rings. The van der Waals surface area contributed by atoms with Crippen LogP contribution in [0.15, 0.2) is 15.3 Å². The Morgan fingerprint density at radius 1 is 1.42 bits per heavy atom. The molecule has 2 N–H and O–H groups in total. The smallest absolute Gasteiger partial charge is 0.227 e. The van der Waals surface area contributed by atoms with Gasteiger partial charge >= 0.3 is 0 Å². The highest BCUT2D eigenvalue weighted by atomic mass is 28.3. The molecule has 19 heavy (non-hydrogen) atoms. The Bertz CT molecular complexity index is 487. The van der Waals surface area contributed by atoms with E-state index < -0.39 is 32.9 Å². The van der Waals surface area contributed by atoms with Crippen LogP contribution < -0.4 is 5.43 Å². The van der Waals surface area contributed by atoms with Gasteiger partial charge in [-0.05, 0) is 18.5 Å². The molecule has 0 aliphatic heterocycles. The minimum Gasteiger partial charge on any atom is -0.502 e. The number of aliphatic hydroxyl groups excluding tert-OH is 1. The number of aromatic hydroxyl groups is 1. The largest absolute Gasteiger partial charge is 0.502 e. The predicted molar refractivity (Wildman–Crippen MR) is 73.3 cm³/mol. The van der Waals surface area contributed by atoms with Crippen molar-refractivity contribution >= 4 is 9.04 Å². The minimum absolute atomic E-state index is 0.124. The molecule has 1 atom stereocenters. The summed E-state index contributed by atoms with van der Waals surface area (Å²) in [5.74, 6) is -0.329. The van der Waals surface area contributed by atoms with Crippen LogP contribution in [0.25, 0.3) is 0 Å². The van der Waals surface area contributed by atoms with E-state index in [0.29, 0.717) is 5.76 Å². The lowest BCUT2D eigenvalue weighted by atomic mass is 9.87. The average molecular weight is 285 g/mol. The lowest BCUT2D eigenvalue weighted by Gasteiger charge is -2.31. The molecule has 0 aliphatic rings. The topological polar surface area (TPSA) is 79.9 Å². The second kappa shape index (κ2) is 5.90. The molecule has 5 nitrogen and oxygen atoms in total. The first kappa shape index (κ1) is 15.9. The molecular weight excluding hydrogens is 264 g/mol. The molecule has 0 aromatic carbocycles. The lowest BCUT2D eigenvalue weighted by Crippen LogP contribution is -2.27. The molecule has 0 saturated carbocycles.